The summed E-state index contributed by atoms with van der Waals surface area (Å²) in [4.78, 5) is 10.2. The van der Waals surface area contributed by atoms with E-state index in [-0.39, 0.29) is 5.75 Å². The molecule has 3 nitrogen and oxygen atoms in total. The van der Waals surface area contributed by atoms with Gasteiger partial charge in [0.2, 0.25) is 0 Å². The number of hydrogen-bond donors (Lipinski definition) is 1. The number of ether oxygens (including phenoxy) is 1. The van der Waals surface area contributed by atoms with Crippen LogP contribution in [0.2, 0.25) is 0 Å². The fourth-order valence-corrected chi connectivity index (χ4v) is 1.09. The molecule has 0 saturated heterocycles. The number of allylic oxidation sites excluding steroid dienone is 2. The quantitative estimate of drug-likeness (QED) is 0.628. The highest BCUT2D eigenvalue weighted by atomic mass is 19.1. The first-order chi connectivity index (χ1) is 7.63. The van der Waals surface area contributed by atoms with E-state index in [1.54, 1.807) is 12.1 Å². The average molecular weight is 222 g/mol. The highest BCUT2D eigenvalue weighted by Crippen LogP contribution is 2.18. The number of carboxylic acids is 1. The average Bonchev–Trinajstić information content (AvgIpc) is 2.24. The van der Waals surface area contributed by atoms with Gasteiger partial charge in [0.15, 0.2) is 11.6 Å². The molecule has 84 valence electrons. The number of methoxy groups -OCH3 is 1. The van der Waals surface area contributed by atoms with E-state index in [4.69, 9.17) is 9.84 Å². The van der Waals surface area contributed by atoms with Gasteiger partial charge >= 0.3 is 5.97 Å². The SMILES string of the molecule is COc1ccc(/C=C/C=C/C(=O)O)cc1F. The maximum Gasteiger partial charge on any atom is 0.328 e. The Bertz CT molecular complexity index is 436. The smallest absolute Gasteiger partial charge is 0.328 e. The van der Waals surface area contributed by atoms with Crippen molar-refractivity contribution in [1.82, 2.24) is 0 Å². The molecule has 0 aromatic heterocycles. The van der Waals surface area contributed by atoms with Gasteiger partial charge < -0.3 is 9.84 Å². The van der Waals surface area contributed by atoms with Gasteiger partial charge in [-0.25, -0.2) is 9.18 Å². The lowest BCUT2D eigenvalue weighted by molar-refractivity contribution is -0.131. The Morgan fingerprint density at radius 2 is 2.19 bits per heavy atom. The van der Waals surface area contributed by atoms with Crippen LogP contribution in [0.25, 0.3) is 6.08 Å². The van der Waals surface area contributed by atoms with Crippen molar-refractivity contribution in [3.05, 3.63) is 47.8 Å². The summed E-state index contributed by atoms with van der Waals surface area (Å²) in [7, 11) is 1.39. The summed E-state index contributed by atoms with van der Waals surface area (Å²) < 4.78 is 18.0. The van der Waals surface area contributed by atoms with Crippen LogP contribution in [-0.4, -0.2) is 18.2 Å². The molecule has 0 radical (unpaired) electrons. The summed E-state index contributed by atoms with van der Waals surface area (Å²) in [6, 6.07) is 4.49. The first kappa shape index (κ1) is 12.0. The molecule has 0 aliphatic carbocycles. The third-order valence-corrected chi connectivity index (χ3v) is 1.81. The number of hydrogen-bond acceptors (Lipinski definition) is 2. The van der Waals surface area contributed by atoms with E-state index in [9.17, 15) is 9.18 Å². The minimum Gasteiger partial charge on any atom is -0.494 e. The van der Waals surface area contributed by atoms with E-state index >= 15 is 0 Å². The number of halogens is 1. The lowest BCUT2D eigenvalue weighted by atomic mass is 10.2. The van der Waals surface area contributed by atoms with Crippen molar-refractivity contribution in [1.29, 1.82) is 0 Å². The van der Waals surface area contributed by atoms with Crippen molar-refractivity contribution in [2.24, 2.45) is 0 Å². The van der Waals surface area contributed by atoms with Crippen molar-refractivity contribution in [3.8, 4) is 5.75 Å². The molecular formula is C12H11FO3. The predicted molar refractivity (Wildman–Crippen MR) is 58.8 cm³/mol. The zero-order valence-electron chi connectivity index (χ0n) is 8.68. The minimum absolute atomic E-state index is 0.179. The van der Waals surface area contributed by atoms with Crippen LogP contribution in [0, 0.1) is 5.82 Å². The summed E-state index contributed by atoms with van der Waals surface area (Å²) in [6.07, 6.45) is 5.48. The molecule has 1 aromatic rings. The van der Waals surface area contributed by atoms with Gasteiger partial charge in [-0.1, -0.05) is 24.3 Å². The largest absolute Gasteiger partial charge is 0.494 e. The van der Waals surface area contributed by atoms with Gasteiger partial charge in [-0.15, -0.1) is 0 Å². The minimum atomic E-state index is -1.02. The van der Waals surface area contributed by atoms with Crippen molar-refractivity contribution < 1.29 is 19.0 Å². The van der Waals surface area contributed by atoms with Gasteiger partial charge in [0.25, 0.3) is 0 Å². The molecule has 0 amide bonds. The second-order valence-corrected chi connectivity index (χ2v) is 2.95. The molecule has 0 heterocycles. The van der Waals surface area contributed by atoms with Crippen LogP contribution < -0.4 is 4.74 Å². The summed E-state index contributed by atoms with van der Waals surface area (Å²) in [5, 5.41) is 8.33. The van der Waals surface area contributed by atoms with Crippen LogP contribution >= 0.6 is 0 Å². The standard InChI is InChI=1S/C12H11FO3/c1-16-11-7-6-9(8-10(11)13)4-2-3-5-12(14)15/h2-8H,1H3,(H,14,15)/b4-2+,5-3+. The van der Waals surface area contributed by atoms with Crippen molar-refractivity contribution >= 4 is 12.0 Å². The first-order valence-electron chi connectivity index (χ1n) is 4.54. The Balaban J connectivity index is 2.75. The van der Waals surface area contributed by atoms with E-state index in [0.717, 1.165) is 6.08 Å². The second kappa shape index (κ2) is 5.70. The lowest BCUT2D eigenvalue weighted by Gasteiger charge is -2.01. The fraction of sp³-hybridized carbons (Fsp3) is 0.0833. The molecule has 4 heteroatoms. The van der Waals surface area contributed by atoms with E-state index < -0.39 is 11.8 Å². The summed E-state index contributed by atoms with van der Waals surface area (Å²) in [5.74, 6) is -1.30. The van der Waals surface area contributed by atoms with Gasteiger partial charge in [0, 0.05) is 6.08 Å². The number of rotatable bonds is 4. The van der Waals surface area contributed by atoms with E-state index in [1.807, 2.05) is 0 Å². The molecule has 1 rings (SSSR count). The molecular weight excluding hydrogens is 211 g/mol. The third-order valence-electron chi connectivity index (χ3n) is 1.81. The molecule has 0 fully saturated rings. The molecule has 0 atom stereocenters. The van der Waals surface area contributed by atoms with Gasteiger partial charge in [0.1, 0.15) is 0 Å². The molecule has 16 heavy (non-hydrogen) atoms. The Morgan fingerprint density at radius 3 is 2.75 bits per heavy atom. The maximum absolute atomic E-state index is 13.2. The van der Waals surface area contributed by atoms with E-state index in [2.05, 4.69) is 0 Å². The summed E-state index contributed by atoms with van der Waals surface area (Å²) in [6.45, 7) is 0. The second-order valence-electron chi connectivity index (χ2n) is 2.95. The number of carbonyl (C=O) groups is 1. The predicted octanol–water partition coefficient (Wildman–Crippen LogP) is 2.49. The van der Waals surface area contributed by atoms with Crippen LogP contribution in [-0.2, 0) is 4.79 Å². The van der Waals surface area contributed by atoms with Crippen LogP contribution in [0.15, 0.2) is 36.4 Å². The summed E-state index contributed by atoms with van der Waals surface area (Å²) >= 11 is 0. The van der Waals surface area contributed by atoms with Gasteiger partial charge in [-0.3, -0.25) is 0 Å². The van der Waals surface area contributed by atoms with Crippen LogP contribution in [0.3, 0.4) is 0 Å². The van der Waals surface area contributed by atoms with E-state index in [1.165, 1.54) is 31.4 Å². The number of carboxylic acid groups (broad SMARTS) is 1. The third kappa shape index (κ3) is 3.57. The molecule has 1 aromatic carbocycles. The zero-order valence-corrected chi connectivity index (χ0v) is 8.68. The highest BCUT2D eigenvalue weighted by Gasteiger charge is 2.00. The molecule has 0 spiro atoms. The van der Waals surface area contributed by atoms with Crippen LogP contribution in [0.5, 0.6) is 5.75 Å². The monoisotopic (exact) mass is 222 g/mol. The zero-order chi connectivity index (χ0) is 12.0. The topological polar surface area (TPSA) is 46.5 Å². The van der Waals surface area contributed by atoms with Gasteiger partial charge in [0.05, 0.1) is 7.11 Å². The summed E-state index contributed by atoms with van der Waals surface area (Å²) in [5.41, 5.74) is 0.633. The van der Waals surface area contributed by atoms with Crippen molar-refractivity contribution in [2.75, 3.05) is 7.11 Å². The lowest BCUT2D eigenvalue weighted by Crippen LogP contribution is -1.87. The highest BCUT2D eigenvalue weighted by molar-refractivity contribution is 5.80. The molecule has 0 aliphatic rings. The fourth-order valence-electron chi connectivity index (χ4n) is 1.09. The maximum atomic E-state index is 13.2. The molecule has 0 bridgehead atoms. The van der Waals surface area contributed by atoms with Gasteiger partial charge in [-0.05, 0) is 17.7 Å². The van der Waals surface area contributed by atoms with Crippen molar-refractivity contribution in [3.63, 3.8) is 0 Å². The van der Waals surface area contributed by atoms with E-state index in [0.29, 0.717) is 5.56 Å². The normalized spacial score (nSPS) is 11.1. The Hall–Kier alpha value is -2.10. The van der Waals surface area contributed by atoms with Gasteiger partial charge in [-0.2, -0.15) is 0 Å². The molecule has 0 unspecified atom stereocenters. The Labute approximate surface area is 92.5 Å². The Kier molecular flexibility index (Phi) is 4.27. The first-order valence-corrected chi connectivity index (χ1v) is 4.54. The number of aliphatic carboxylic acids is 1. The van der Waals surface area contributed by atoms with Crippen LogP contribution in [0.4, 0.5) is 4.39 Å². The molecule has 1 N–H and O–H groups in total. The number of benzene rings is 1. The molecule has 0 aliphatic heterocycles. The Morgan fingerprint density at radius 1 is 1.44 bits per heavy atom. The van der Waals surface area contributed by atoms with Crippen molar-refractivity contribution in [2.45, 2.75) is 0 Å². The molecule has 0 saturated carbocycles. The van der Waals surface area contributed by atoms with Crippen LogP contribution in [0.1, 0.15) is 5.56 Å².